The molecule has 0 bridgehead atoms. The van der Waals surface area contributed by atoms with Crippen LogP contribution in [0.2, 0.25) is 0 Å². The Bertz CT molecular complexity index is 1000. The van der Waals surface area contributed by atoms with Crippen molar-refractivity contribution in [3.63, 3.8) is 0 Å². The van der Waals surface area contributed by atoms with Crippen LogP contribution in [-0.2, 0) is 11.3 Å². The number of fused-ring (bicyclic) bond motifs is 1. The first-order chi connectivity index (χ1) is 15.2. The van der Waals surface area contributed by atoms with Gasteiger partial charge in [0, 0.05) is 69.9 Å². The first kappa shape index (κ1) is 20.3. The second-order valence-electron chi connectivity index (χ2n) is 8.81. The molecule has 3 aromatic rings. The van der Waals surface area contributed by atoms with Gasteiger partial charge in [-0.3, -0.25) is 4.90 Å². The molecule has 5 rings (SSSR count). The van der Waals surface area contributed by atoms with Gasteiger partial charge in [0.1, 0.15) is 11.9 Å². The van der Waals surface area contributed by atoms with Crippen LogP contribution in [0, 0.1) is 0 Å². The summed E-state index contributed by atoms with van der Waals surface area (Å²) in [6.07, 6.45) is 9.46. The van der Waals surface area contributed by atoms with Crippen LogP contribution in [0.5, 0.6) is 5.75 Å². The summed E-state index contributed by atoms with van der Waals surface area (Å²) in [5, 5.41) is 1.20. The van der Waals surface area contributed by atoms with E-state index in [-0.39, 0.29) is 6.10 Å². The fourth-order valence-electron chi connectivity index (χ4n) is 4.61. The van der Waals surface area contributed by atoms with E-state index in [0.29, 0.717) is 6.04 Å². The van der Waals surface area contributed by atoms with Crippen LogP contribution in [0.3, 0.4) is 0 Å². The van der Waals surface area contributed by atoms with E-state index >= 15 is 0 Å². The van der Waals surface area contributed by atoms with Crippen molar-refractivity contribution in [1.82, 2.24) is 19.4 Å². The van der Waals surface area contributed by atoms with Crippen LogP contribution < -0.4 is 9.64 Å². The van der Waals surface area contributed by atoms with Crippen LogP contribution in [0.4, 0.5) is 5.95 Å². The molecule has 31 heavy (non-hydrogen) atoms. The van der Waals surface area contributed by atoms with E-state index in [1.165, 1.54) is 10.9 Å². The third kappa shape index (κ3) is 4.38. The fourth-order valence-corrected chi connectivity index (χ4v) is 4.61. The molecule has 0 spiro atoms. The summed E-state index contributed by atoms with van der Waals surface area (Å²) in [6.45, 7) is 4.59. The van der Waals surface area contributed by atoms with Crippen LogP contribution in [0.25, 0.3) is 10.9 Å². The Kier molecular flexibility index (Phi) is 5.78. The molecular formula is C24H31N5O2. The van der Waals surface area contributed by atoms with Crippen molar-refractivity contribution < 1.29 is 9.47 Å². The molecule has 0 amide bonds. The maximum atomic E-state index is 6.48. The summed E-state index contributed by atoms with van der Waals surface area (Å²) in [5.41, 5.74) is 2.40. The molecule has 2 aliphatic heterocycles. The Morgan fingerprint density at radius 1 is 1.10 bits per heavy atom. The van der Waals surface area contributed by atoms with Gasteiger partial charge in [0.15, 0.2) is 0 Å². The van der Waals surface area contributed by atoms with Crippen molar-refractivity contribution in [2.45, 2.75) is 38.0 Å². The summed E-state index contributed by atoms with van der Waals surface area (Å²) in [4.78, 5) is 13.2. The second-order valence-corrected chi connectivity index (χ2v) is 8.81. The lowest BCUT2D eigenvalue weighted by Gasteiger charge is -2.32. The van der Waals surface area contributed by atoms with Gasteiger partial charge in [-0.05, 0) is 37.5 Å². The van der Waals surface area contributed by atoms with Crippen LogP contribution >= 0.6 is 0 Å². The number of ether oxygens (including phenoxy) is 2. The Morgan fingerprint density at radius 3 is 2.61 bits per heavy atom. The first-order valence-electron chi connectivity index (χ1n) is 11.2. The summed E-state index contributed by atoms with van der Waals surface area (Å²) < 4.78 is 14.4. The number of aromatic nitrogens is 3. The Labute approximate surface area is 183 Å². The number of piperidine rings is 1. The molecule has 164 valence electrons. The van der Waals surface area contributed by atoms with Gasteiger partial charge in [0.2, 0.25) is 5.95 Å². The number of anilines is 1. The van der Waals surface area contributed by atoms with E-state index < -0.39 is 0 Å². The summed E-state index contributed by atoms with van der Waals surface area (Å²) >= 11 is 0. The molecule has 0 radical (unpaired) electrons. The van der Waals surface area contributed by atoms with E-state index in [9.17, 15) is 0 Å². The highest BCUT2D eigenvalue weighted by Gasteiger charge is 2.23. The van der Waals surface area contributed by atoms with Gasteiger partial charge in [0.25, 0.3) is 0 Å². The zero-order chi connectivity index (χ0) is 21.2. The van der Waals surface area contributed by atoms with Crippen molar-refractivity contribution in [2.24, 2.45) is 0 Å². The molecule has 2 aliphatic rings. The standard InChI is InChI=1S/C24H31N5O2/c1-27(2)24-25-14-18(15-26-24)16-28-10-6-20(7-11-28)31-23-5-3-4-22-21(23)8-12-29(22)19-9-13-30-17-19/h3-5,8,12,14-15,19-20H,6-7,9-11,13,16-17H2,1-2H3. The van der Waals surface area contributed by atoms with Crippen molar-refractivity contribution in [3.8, 4) is 5.75 Å². The van der Waals surface area contributed by atoms with E-state index in [4.69, 9.17) is 9.47 Å². The van der Waals surface area contributed by atoms with E-state index in [0.717, 1.165) is 69.4 Å². The zero-order valence-corrected chi connectivity index (χ0v) is 18.4. The maximum absolute atomic E-state index is 6.48. The minimum absolute atomic E-state index is 0.257. The zero-order valence-electron chi connectivity index (χ0n) is 18.4. The van der Waals surface area contributed by atoms with Crippen LogP contribution in [0.1, 0.15) is 30.9 Å². The molecule has 2 saturated heterocycles. The third-order valence-electron chi connectivity index (χ3n) is 6.35. The molecule has 2 aromatic heterocycles. The average Bonchev–Trinajstić information content (AvgIpc) is 3.46. The first-order valence-corrected chi connectivity index (χ1v) is 11.2. The number of likely N-dealkylation sites (tertiary alicyclic amines) is 1. The normalized spacial score (nSPS) is 20.4. The lowest BCUT2D eigenvalue weighted by Crippen LogP contribution is -2.37. The Hall–Kier alpha value is -2.64. The van der Waals surface area contributed by atoms with Gasteiger partial charge in [-0.25, -0.2) is 9.97 Å². The smallest absolute Gasteiger partial charge is 0.224 e. The third-order valence-corrected chi connectivity index (χ3v) is 6.35. The summed E-state index contributed by atoms with van der Waals surface area (Å²) in [5.74, 6) is 1.75. The van der Waals surface area contributed by atoms with E-state index in [1.54, 1.807) is 0 Å². The van der Waals surface area contributed by atoms with Crippen molar-refractivity contribution in [2.75, 3.05) is 45.3 Å². The highest BCUT2D eigenvalue weighted by Crippen LogP contribution is 2.32. The number of nitrogens with zero attached hydrogens (tertiary/aromatic N) is 5. The highest BCUT2D eigenvalue weighted by atomic mass is 16.5. The average molecular weight is 422 g/mol. The molecule has 7 nitrogen and oxygen atoms in total. The van der Waals surface area contributed by atoms with Gasteiger partial charge >= 0.3 is 0 Å². The van der Waals surface area contributed by atoms with Gasteiger partial charge < -0.3 is 18.9 Å². The Morgan fingerprint density at radius 2 is 1.90 bits per heavy atom. The molecule has 4 heterocycles. The quantitative estimate of drug-likeness (QED) is 0.607. The fraction of sp³-hybridized carbons (Fsp3) is 0.500. The van der Waals surface area contributed by atoms with Crippen molar-refractivity contribution in [1.29, 1.82) is 0 Å². The molecule has 0 saturated carbocycles. The predicted octanol–water partition coefficient (Wildman–Crippen LogP) is 3.50. The molecule has 1 unspecified atom stereocenters. The molecule has 1 aromatic carbocycles. The number of hydrogen-bond acceptors (Lipinski definition) is 6. The minimum atomic E-state index is 0.257. The Balaban J connectivity index is 1.19. The van der Waals surface area contributed by atoms with Crippen LogP contribution in [0.15, 0.2) is 42.9 Å². The van der Waals surface area contributed by atoms with Gasteiger partial charge in [-0.1, -0.05) is 6.07 Å². The number of rotatable bonds is 6. The highest BCUT2D eigenvalue weighted by molar-refractivity contribution is 5.86. The topological polar surface area (TPSA) is 55.7 Å². The monoisotopic (exact) mass is 421 g/mol. The molecule has 2 fully saturated rings. The number of benzene rings is 1. The molecule has 0 N–H and O–H groups in total. The lowest BCUT2D eigenvalue weighted by atomic mass is 10.1. The maximum Gasteiger partial charge on any atom is 0.224 e. The molecular weight excluding hydrogens is 390 g/mol. The lowest BCUT2D eigenvalue weighted by molar-refractivity contribution is 0.0979. The van der Waals surface area contributed by atoms with Gasteiger partial charge in [0.05, 0.1) is 18.2 Å². The second kappa shape index (κ2) is 8.85. The SMILES string of the molecule is CN(C)c1ncc(CN2CCC(Oc3cccc4c3ccn4C3CCOC3)CC2)cn1. The van der Waals surface area contributed by atoms with E-state index in [1.807, 2.05) is 31.4 Å². The largest absolute Gasteiger partial charge is 0.490 e. The molecule has 1 atom stereocenters. The number of hydrogen-bond donors (Lipinski definition) is 0. The predicted molar refractivity (Wildman–Crippen MR) is 122 cm³/mol. The summed E-state index contributed by atoms with van der Waals surface area (Å²) in [6, 6.07) is 9.03. The summed E-state index contributed by atoms with van der Waals surface area (Å²) in [7, 11) is 3.91. The van der Waals surface area contributed by atoms with Crippen LogP contribution in [-0.4, -0.2) is 65.9 Å². The van der Waals surface area contributed by atoms with Gasteiger partial charge in [-0.2, -0.15) is 0 Å². The van der Waals surface area contributed by atoms with Crippen molar-refractivity contribution in [3.05, 3.63) is 48.4 Å². The molecule has 0 aliphatic carbocycles. The van der Waals surface area contributed by atoms with Crippen molar-refractivity contribution >= 4 is 16.9 Å². The minimum Gasteiger partial charge on any atom is -0.490 e. The van der Waals surface area contributed by atoms with E-state index in [2.05, 4.69) is 49.9 Å². The van der Waals surface area contributed by atoms with Gasteiger partial charge in [-0.15, -0.1) is 0 Å². The molecule has 7 heteroatoms.